The first-order valence-electron chi connectivity index (χ1n) is 12.3. The van der Waals surface area contributed by atoms with Gasteiger partial charge in [0.2, 0.25) is 5.91 Å². The van der Waals surface area contributed by atoms with Crippen LogP contribution in [0.2, 0.25) is 0 Å². The van der Waals surface area contributed by atoms with Crippen LogP contribution in [0.4, 0.5) is 10.5 Å². The molecular weight excluding hydrogens is 486 g/mol. The van der Waals surface area contributed by atoms with Gasteiger partial charge in [-0.15, -0.1) is 11.8 Å². The minimum Gasteiger partial charge on any atom is -0.444 e. The number of aliphatic hydroxyl groups is 3. The Bertz CT molecular complexity index is 882. The van der Waals surface area contributed by atoms with Gasteiger partial charge in [-0.25, -0.2) is 4.79 Å². The van der Waals surface area contributed by atoms with Gasteiger partial charge in [-0.3, -0.25) is 4.79 Å². The molecule has 36 heavy (non-hydrogen) atoms. The van der Waals surface area contributed by atoms with E-state index in [2.05, 4.69) is 5.32 Å². The molecule has 10 nitrogen and oxygen atoms in total. The Kier molecular flexibility index (Phi) is 9.50. The Morgan fingerprint density at radius 3 is 2.39 bits per heavy atom. The van der Waals surface area contributed by atoms with E-state index < -0.39 is 53.6 Å². The number of benzene rings is 1. The third-order valence-corrected chi connectivity index (χ3v) is 7.28. The number of hydrogen-bond acceptors (Lipinski definition) is 9. The van der Waals surface area contributed by atoms with Gasteiger partial charge in [0.05, 0.1) is 12.6 Å². The highest BCUT2D eigenvalue weighted by Crippen LogP contribution is 2.30. The monoisotopic (exact) mass is 525 g/mol. The third kappa shape index (κ3) is 6.63. The quantitative estimate of drug-likeness (QED) is 0.432. The maximum Gasteiger partial charge on any atom is 0.410 e. The lowest BCUT2D eigenvalue weighted by Gasteiger charge is -2.45. The summed E-state index contributed by atoms with van der Waals surface area (Å²) in [6.07, 6.45) is -3.25. The first-order chi connectivity index (χ1) is 17.0. The standard InChI is InChI=1S/C25H39N3O7S/c1-6-16(21-19(30)18(29)20(31)23(34-21)36-5)26-22(32)17-14-27(24(33)35-25(2,3)4)12-13-28(17)15-10-8-7-9-11-15/h7-11,16-21,23,29-31H,6,12-14H2,1-5H3,(H,26,32)/t16-,17?,18+,19-,20-,21-,23-/m1/s1. The first-order valence-corrected chi connectivity index (χ1v) is 13.6. The molecule has 0 spiro atoms. The molecule has 0 saturated carbocycles. The molecule has 202 valence electrons. The summed E-state index contributed by atoms with van der Waals surface area (Å²) in [6.45, 7) is 8.18. The van der Waals surface area contributed by atoms with Crippen LogP contribution in [0, 0.1) is 0 Å². The summed E-state index contributed by atoms with van der Waals surface area (Å²) in [5, 5.41) is 34.1. The molecule has 7 atom stereocenters. The number of para-hydroxylation sites is 1. The van der Waals surface area contributed by atoms with Crippen molar-refractivity contribution in [1.29, 1.82) is 0 Å². The summed E-state index contributed by atoms with van der Waals surface area (Å²) in [5.74, 6) is -0.337. The van der Waals surface area contributed by atoms with Crippen molar-refractivity contribution in [3.63, 3.8) is 0 Å². The molecule has 4 N–H and O–H groups in total. The Morgan fingerprint density at radius 2 is 1.81 bits per heavy atom. The van der Waals surface area contributed by atoms with Crippen LogP contribution >= 0.6 is 11.8 Å². The molecule has 2 amide bonds. The highest BCUT2D eigenvalue weighted by Gasteiger charge is 2.47. The van der Waals surface area contributed by atoms with Crippen molar-refractivity contribution in [3.8, 4) is 0 Å². The highest BCUT2D eigenvalue weighted by molar-refractivity contribution is 7.99. The minimum atomic E-state index is -1.40. The van der Waals surface area contributed by atoms with Gasteiger partial charge in [0.1, 0.15) is 41.5 Å². The van der Waals surface area contributed by atoms with E-state index in [0.717, 1.165) is 5.69 Å². The topological polar surface area (TPSA) is 132 Å². The van der Waals surface area contributed by atoms with Gasteiger partial charge >= 0.3 is 6.09 Å². The molecule has 0 aliphatic carbocycles. The second kappa shape index (κ2) is 12.0. The smallest absolute Gasteiger partial charge is 0.410 e. The normalized spacial score (nSPS) is 30.0. The second-order valence-corrected chi connectivity index (χ2v) is 11.1. The molecule has 2 saturated heterocycles. The predicted molar refractivity (Wildman–Crippen MR) is 138 cm³/mol. The number of amides is 2. The van der Waals surface area contributed by atoms with Crippen molar-refractivity contribution < 1.29 is 34.4 Å². The zero-order valence-electron chi connectivity index (χ0n) is 21.5. The van der Waals surface area contributed by atoms with E-state index in [1.807, 2.05) is 42.2 Å². The number of carbonyl (C=O) groups is 2. The fraction of sp³-hybridized carbons (Fsp3) is 0.680. The fourth-order valence-corrected chi connectivity index (χ4v) is 5.20. The molecule has 2 fully saturated rings. The van der Waals surface area contributed by atoms with Gasteiger partial charge in [0, 0.05) is 18.8 Å². The number of hydrogen-bond donors (Lipinski definition) is 4. The number of nitrogens with one attached hydrogen (secondary N) is 1. The van der Waals surface area contributed by atoms with E-state index >= 15 is 0 Å². The second-order valence-electron chi connectivity index (χ2n) is 10.2. The maximum absolute atomic E-state index is 13.7. The molecule has 3 rings (SSSR count). The average Bonchev–Trinajstić information content (AvgIpc) is 2.85. The number of ether oxygens (including phenoxy) is 2. The summed E-state index contributed by atoms with van der Waals surface area (Å²) < 4.78 is 11.4. The number of aliphatic hydroxyl groups excluding tert-OH is 3. The van der Waals surface area contributed by atoms with Crippen LogP contribution in [0.3, 0.4) is 0 Å². The molecule has 1 aromatic rings. The van der Waals surface area contributed by atoms with E-state index in [4.69, 9.17) is 9.47 Å². The Morgan fingerprint density at radius 1 is 1.14 bits per heavy atom. The van der Waals surface area contributed by atoms with Crippen molar-refractivity contribution in [2.75, 3.05) is 30.8 Å². The number of carbonyl (C=O) groups excluding carboxylic acids is 2. The molecule has 11 heteroatoms. The van der Waals surface area contributed by atoms with Crippen LogP contribution in [0.15, 0.2) is 30.3 Å². The molecular formula is C25H39N3O7S. The zero-order chi connectivity index (χ0) is 26.6. The molecule has 0 bridgehead atoms. The van der Waals surface area contributed by atoms with Crippen LogP contribution in [-0.4, -0.2) is 106 Å². The number of rotatable bonds is 6. The van der Waals surface area contributed by atoms with E-state index in [1.54, 1.807) is 27.0 Å². The number of piperazine rings is 1. The minimum absolute atomic E-state index is 0.120. The SMILES string of the molecule is CC[C@@H](NC(=O)C1CN(C(=O)OC(C)(C)C)CCN1c1ccccc1)[C@H]1O[C@H](SC)[C@H](O)[C@@H](O)[C@H]1O. The maximum atomic E-state index is 13.7. The largest absolute Gasteiger partial charge is 0.444 e. The van der Waals surface area contributed by atoms with Gasteiger partial charge in [0.15, 0.2) is 0 Å². The van der Waals surface area contributed by atoms with E-state index in [-0.39, 0.29) is 12.5 Å². The molecule has 2 heterocycles. The number of thioether (sulfide) groups is 1. The van der Waals surface area contributed by atoms with Crippen LogP contribution in [0.5, 0.6) is 0 Å². The van der Waals surface area contributed by atoms with Gasteiger partial charge in [0.25, 0.3) is 0 Å². The lowest BCUT2D eigenvalue weighted by Crippen LogP contribution is -2.65. The van der Waals surface area contributed by atoms with Gasteiger partial charge in [-0.2, -0.15) is 0 Å². The van der Waals surface area contributed by atoms with Crippen molar-refractivity contribution in [3.05, 3.63) is 30.3 Å². The molecule has 2 aliphatic heterocycles. The molecule has 2 aliphatic rings. The molecule has 0 aromatic heterocycles. The zero-order valence-corrected chi connectivity index (χ0v) is 22.4. The Hall–Kier alpha value is -2.05. The van der Waals surface area contributed by atoms with E-state index in [9.17, 15) is 24.9 Å². The van der Waals surface area contributed by atoms with Crippen molar-refractivity contribution in [1.82, 2.24) is 10.2 Å². The van der Waals surface area contributed by atoms with E-state index in [0.29, 0.717) is 19.5 Å². The Balaban J connectivity index is 1.81. The summed E-state index contributed by atoms with van der Waals surface area (Å²) in [5.41, 5.74) is -0.547. The molecule has 1 aromatic carbocycles. The van der Waals surface area contributed by atoms with Crippen LogP contribution < -0.4 is 10.2 Å². The van der Waals surface area contributed by atoms with Crippen molar-refractivity contribution in [2.24, 2.45) is 0 Å². The van der Waals surface area contributed by atoms with Crippen molar-refractivity contribution >= 4 is 29.4 Å². The lowest BCUT2D eigenvalue weighted by molar-refractivity contribution is -0.205. The summed E-state index contributed by atoms with van der Waals surface area (Å²) in [7, 11) is 0. The summed E-state index contributed by atoms with van der Waals surface area (Å²) >= 11 is 1.22. The summed E-state index contributed by atoms with van der Waals surface area (Å²) in [4.78, 5) is 29.9. The lowest BCUT2D eigenvalue weighted by atomic mass is 9.93. The van der Waals surface area contributed by atoms with Gasteiger partial charge in [-0.05, 0) is 45.6 Å². The third-order valence-electron chi connectivity index (χ3n) is 6.43. The van der Waals surface area contributed by atoms with E-state index in [1.165, 1.54) is 16.7 Å². The van der Waals surface area contributed by atoms with Crippen LogP contribution in [0.1, 0.15) is 34.1 Å². The predicted octanol–water partition coefficient (Wildman–Crippen LogP) is 1.18. The number of nitrogens with zero attached hydrogens (tertiary/aromatic N) is 2. The summed E-state index contributed by atoms with van der Waals surface area (Å²) in [6, 6.07) is 8.16. The van der Waals surface area contributed by atoms with Gasteiger partial charge in [-0.1, -0.05) is 25.1 Å². The highest BCUT2D eigenvalue weighted by atomic mass is 32.2. The van der Waals surface area contributed by atoms with Gasteiger partial charge < -0.3 is 39.9 Å². The first kappa shape index (κ1) is 28.5. The van der Waals surface area contributed by atoms with Crippen LogP contribution in [0.25, 0.3) is 0 Å². The number of anilines is 1. The van der Waals surface area contributed by atoms with Crippen molar-refractivity contribution in [2.45, 2.75) is 81.7 Å². The fourth-order valence-electron chi connectivity index (χ4n) is 4.52. The molecule has 1 unspecified atom stereocenters. The average molecular weight is 526 g/mol. The van der Waals surface area contributed by atoms with Crippen LogP contribution in [-0.2, 0) is 14.3 Å². The molecule has 0 radical (unpaired) electrons. The Labute approximate surface area is 216 Å².